The average molecular weight is 181 g/mol. The van der Waals surface area contributed by atoms with Crippen molar-refractivity contribution in [3.05, 3.63) is 23.8 Å². The van der Waals surface area contributed by atoms with E-state index in [1.165, 1.54) is 0 Å². The van der Waals surface area contributed by atoms with Crippen molar-refractivity contribution in [3.8, 4) is 11.5 Å². The van der Waals surface area contributed by atoms with Gasteiger partial charge in [0.2, 0.25) is 0 Å². The average Bonchev–Trinajstić information content (AvgIpc) is 2.03. The Balaban J connectivity index is 2.98. The SMILES string of the molecule is COc1c(O)cccc1CC(C)N. The van der Waals surface area contributed by atoms with Gasteiger partial charge >= 0.3 is 0 Å². The van der Waals surface area contributed by atoms with E-state index in [9.17, 15) is 5.11 Å². The molecule has 1 aromatic carbocycles. The number of aromatic hydroxyl groups is 1. The Morgan fingerprint density at radius 3 is 2.77 bits per heavy atom. The van der Waals surface area contributed by atoms with E-state index in [0.717, 1.165) is 5.56 Å². The molecule has 13 heavy (non-hydrogen) atoms. The number of phenols is 1. The van der Waals surface area contributed by atoms with E-state index in [0.29, 0.717) is 12.2 Å². The quantitative estimate of drug-likeness (QED) is 0.738. The minimum atomic E-state index is 0.0655. The van der Waals surface area contributed by atoms with Gasteiger partial charge in [0.1, 0.15) is 0 Å². The molecule has 72 valence electrons. The Morgan fingerprint density at radius 2 is 2.23 bits per heavy atom. The van der Waals surface area contributed by atoms with E-state index in [-0.39, 0.29) is 11.8 Å². The molecule has 0 saturated heterocycles. The molecule has 0 heterocycles. The van der Waals surface area contributed by atoms with Gasteiger partial charge in [0.05, 0.1) is 7.11 Å². The first-order valence-electron chi connectivity index (χ1n) is 4.25. The molecule has 1 atom stereocenters. The Bertz CT molecular complexity index is 284. The molecule has 0 radical (unpaired) electrons. The third-order valence-corrected chi connectivity index (χ3v) is 1.82. The molecule has 1 rings (SSSR count). The maximum absolute atomic E-state index is 9.44. The summed E-state index contributed by atoms with van der Waals surface area (Å²) < 4.78 is 5.07. The second kappa shape index (κ2) is 4.14. The summed E-state index contributed by atoms with van der Waals surface area (Å²) in [4.78, 5) is 0. The van der Waals surface area contributed by atoms with Crippen LogP contribution in [0.25, 0.3) is 0 Å². The van der Waals surface area contributed by atoms with Crippen LogP contribution in [0.1, 0.15) is 12.5 Å². The van der Waals surface area contributed by atoms with Crippen LogP contribution in [-0.2, 0) is 6.42 Å². The summed E-state index contributed by atoms with van der Waals surface area (Å²) in [6, 6.07) is 5.36. The van der Waals surface area contributed by atoms with Gasteiger partial charge < -0.3 is 15.6 Å². The molecule has 1 unspecified atom stereocenters. The monoisotopic (exact) mass is 181 g/mol. The lowest BCUT2D eigenvalue weighted by atomic mass is 10.1. The molecule has 0 bridgehead atoms. The normalized spacial score (nSPS) is 12.5. The lowest BCUT2D eigenvalue weighted by Crippen LogP contribution is -2.18. The van der Waals surface area contributed by atoms with Crippen molar-refractivity contribution in [2.24, 2.45) is 5.73 Å². The molecule has 0 aliphatic rings. The van der Waals surface area contributed by atoms with Crippen LogP contribution in [0.3, 0.4) is 0 Å². The summed E-state index contributed by atoms with van der Waals surface area (Å²) in [5, 5.41) is 9.44. The van der Waals surface area contributed by atoms with E-state index in [1.807, 2.05) is 13.0 Å². The maximum atomic E-state index is 9.44. The lowest BCUT2D eigenvalue weighted by Gasteiger charge is -2.11. The largest absolute Gasteiger partial charge is 0.504 e. The second-order valence-corrected chi connectivity index (χ2v) is 3.15. The number of methoxy groups -OCH3 is 1. The van der Waals surface area contributed by atoms with Gasteiger partial charge in [0, 0.05) is 6.04 Å². The minimum absolute atomic E-state index is 0.0655. The van der Waals surface area contributed by atoms with Gasteiger partial charge in [-0.05, 0) is 25.0 Å². The fourth-order valence-corrected chi connectivity index (χ4v) is 1.31. The summed E-state index contributed by atoms with van der Waals surface area (Å²) >= 11 is 0. The summed E-state index contributed by atoms with van der Waals surface area (Å²) in [5.41, 5.74) is 6.60. The molecule has 0 aliphatic carbocycles. The fourth-order valence-electron chi connectivity index (χ4n) is 1.31. The maximum Gasteiger partial charge on any atom is 0.163 e. The number of phenolic OH excluding ortho intramolecular Hbond substituents is 1. The molecule has 3 nitrogen and oxygen atoms in total. The number of nitrogens with two attached hydrogens (primary N) is 1. The summed E-state index contributed by atoms with van der Waals surface area (Å²) in [6.45, 7) is 1.92. The number of rotatable bonds is 3. The highest BCUT2D eigenvalue weighted by Gasteiger charge is 2.08. The zero-order chi connectivity index (χ0) is 9.84. The van der Waals surface area contributed by atoms with Crippen LogP contribution in [0.15, 0.2) is 18.2 Å². The van der Waals surface area contributed by atoms with Gasteiger partial charge in [-0.2, -0.15) is 0 Å². The third-order valence-electron chi connectivity index (χ3n) is 1.82. The minimum Gasteiger partial charge on any atom is -0.504 e. The van der Waals surface area contributed by atoms with Crippen LogP contribution in [0.2, 0.25) is 0 Å². The number of hydrogen-bond acceptors (Lipinski definition) is 3. The van der Waals surface area contributed by atoms with Crippen LogP contribution in [-0.4, -0.2) is 18.3 Å². The number of hydrogen-bond donors (Lipinski definition) is 2. The Morgan fingerprint density at radius 1 is 1.54 bits per heavy atom. The molecular weight excluding hydrogens is 166 g/mol. The summed E-state index contributed by atoms with van der Waals surface area (Å²) in [6.07, 6.45) is 0.706. The van der Waals surface area contributed by atoms with Crippen molar-refractivity contribution in [1.82, 2.24) is 0 Å². The van der Waals surface area contributed by atoms with Crippen LogP contribution >= 0.6 is 0 Å². The summed E-state index contributed by atoms with van der Waals surface area (Å²) in [5.74, 6) is 0.695. The third kappa shape index (κ3) is 2.36. The van der Waals surface area contributed by atoms with Crippen LogP contribution in [0.4, 0.5) is 0 Å². The predicted octanol–water partition coefficient (Wildman–Crippen LogP) is 1.29. The van der Waals surface area contributed by atoms with E-state index in [4.69, 9.17) is 10.5 Å². The molecule has 0 spiro atoms. The molecular formula is C10H15NO2. The van der Waals surface area contributed by atoms with Gasteiger partial charge in [0.15, 0.2) is 11.5 Å². The number of benzene rings is 1. The van der Waals surface area contributed by atoms with Crippen molar-refractivity contribution in [1.29, 1.82) is 0 Å². The van der Waals surface area contributed by atoms with Crippen molar-refractivity contribution >= 4 is 0 Å². The molecule has 3 N–H and O–H groups in total. The molecule has 1 aromatic rings. The topological polar surface area (TPSA) is 55.5 Å². The fraction of sp³-hybridized carbons (Fsp3) is 0.400. The second-order valence-electron chi connectivity index (χ2n) is 3.15. The van der Waals surface area contributed by atoms with Gasteiger partial charge in [-0.1, -0.05) is 12.1 Å². The number of ether oxygens (including phenoxy) is 1. The Hall–Kier alpha value is -1.22. The van der Waals surface area contributed by atoms with Crippen LogP contribution in [0.5, 0.6) is 11.5 Å². The van der Waals surface area contributed by atoms with Crippen molar-refractivity contribution in [2.75, 3.05) is 7.11 Å². The highest BCUT2D eigenvalue weighted by molar-refractivity contribution is 5.45. The van der Waals surface area contributed by atoms with Crippen molar-refractivity contribution < 1.29 is 9.84 Å². The van der Waals surface area contributed by atoms with Crippen LogP contribution < -0.4 is 10.5 Å². The first kappa shape index (κ1) is 9.86. The van der Waals surface area contributed by atoms with Gasteiger partial charge in [-0.15, -0.1) is 0 Å². The molecule has 0 aromatic heterocycles. The van der Waals surface area contributed by atoms with E-state index >= 15 is 0 Å². The van der Waals surface area contributed by atoms with Crippen molar-refractivity contribution in [2.45, 2.75) is 19.4 Å². The highest BCUT2D eigenvalue weighted by atomic mass is 16.5. The first-order chi connectivity index (χ1) is 6.15. The van der Waals surface area contributed by atoms with Gasteiger partial charge in [-0.3, -0.25) is 0 Å². The van der Waals surface area contributed by atoms with E-state index < -0.39 is 0 Å². The molecule has 0 amide bonds. The smallest absolute Gasteiger partial charge is 0.163 e. The summed E-state index contributed by atoms with van der Waals surface area (Å²) in [7, 11) is 1.54. The van der Waals surface area contributed by atoms with Gasteiger partial charge in [-0.25, -0.2) is 0 Å². The zero-order valence-corrected chi connectivity index (χ0v) is 7.95. The van der Waals surface area contributed by atoms with Gasteiger partial charge in [0.25, 0.3) is 0 Å². The number of para-hydroxylation sites is 1. The van der Waals surface area contributed by atoms with E-state index in [2.05, 4.69) is 0 Å². The van der Waals surface area contributed by atoms with Crippen LogP contribution in [0, 0.1) is 0 Å². The Kier molecular flexibility index (Phi) is 3.14. The van der Waals surface area contributed by atoms with E-state index in [1.54, 1.807) is 19.2 Å². The first-order valence-corrected chi connectivity index (χ1v) is 4.25. The molecule has 0 saturated carbocycles. The lowest BCUT2D eigenvalue weighted by molar-refractivity contribution is 0.368. The zero-order valence-electron chi connectivity index (χ0n) is 7.95. The highest BCUT2D eigenvalue weighted by Crippen LogP contribution is 2.29. The molecule has 0 aliphatic heterocycles. The standard InChI is InChI=1S/C10H15NO2/c1-7(11)6-8-4-3-5-9(12)10(8)13-2/h3-5,7,12H,6,11H2,1-2H3. The predicted molar refractivity (Wildman–Crippen MR) is 52.0 cm³/mol. The molecule has 3 heteroatoms. The molecule has 0 fully saturated rings. The Labute approximate surface area is 78.1 Å². The van der Waals surface area contributed by atoms with Crippen molar-refractivity contribution in [3.63, 3.8) is 0 Å².